The van der Waals surface area contributed by atoms with Crippen LogP contribution in [0.3, 0.4) is 0 Å². The number of hydrogen-bond acceptors (Lipinski definition) is 5. The van der Waals surface area contributed by atoms with Crippen LogP contribution in [0.25, 0.3) is 0 Å². The standard InChI is InChI=1S/C14H19N3O4/c1-14(8-18)6-2-3-12(14)16-10-5-4-9(13(15)19)7-11(10)17(20)21/h4-5,7,12,16,18H,2-3,6,8H2,1H3,(H2,15,19). The van der Waals surface area contributed by atoms with Crippen LogP contribution in [0.15, 0.2) is 18.2 Å². The second-order valence-electron chi connectivity index (χ2n) is 5.75. The molecule has 7 heteroatoms. The van der Waals surface area contributed by atoms with Crippen molar-refractivity contribution in [3.05, 3.63) is 33.9 Å². The number of aliphatic hydroxyl groups excluding tert-OH is 1. The molecule has 1 aliphatic carbocycles. The molecule has 114 valence electrons. The van der Waals surface area contributed by atoms with E-state index >= 15 is 0 Å². The maximum atomic E-state index is 11.2. The number of carbonyl (C=O) groups excluding carboxylic acids is 1. The molecular weight excluding hydrogens is 274 g/mol. The number of nitrogens with two attached hydrogens (primary N) is 1. The van der Waals surface area contributed by atoms with E-state index in [-0.39, 0.29) is 29.3 Å². The topological polar surface area (TPSA) is 118 Å². The van der Waals surface area contributed by atoms with Gasteiger partial charge >= 0.3 is 0 Å². The summed E-state index contributed by atoms with van der Waals surface area (Å²) in [4.78, 5) is 21.8. The zero-order valence-corrected chi connectivity index (χ0v) is 11.8. The zero-order valence-electron chi connectivity index (χ0n) is 11.8. The van der Waals surface area contributed by atoms with Crippen molar-refractivity contribution in [2.75, 3.05) is 11.9 Å². The molecule has 21 heavy (non-hydrogen) atoms. The van der Waals surface area contributed by atoms with E-state index in [0.29, 0.717) is 5.69 Å². The minimum Gasteiger partial charge on any atom is -0.396 e. The lowest BCUT2D eigenvalue weighted by atomic mass is 9.85. The Morgan fingerprint density at radius 1 is 1.62 bits per heavy atom. The highest BCUT2D eigenvalue weighted by molar-refractivity contribution is 5.94. The average Bonchev–Trinajstić information content (AvgIpc) is 2.81. The van der Waals surface area contributed by atoms with E-state index in [1.165, 1.54) is 18.2 Å². The van der Waals surface area contributed by atoms with Crippen molar-refractivity contribution in [3.63, 3.8) is 0 Å². The van der Waals surface area contributed by atoms with Crippen molar-refractivity contribution < 1.29 is 14.8 Å². The van der Waals surface area contributed by atoms with Crippen molar-refractivity contribution in [3.8, 4) is 0 Å². The lowest BCUT2D eigenvalue weighted by molar-refractivity contribution is -0.384. The normalized spacial score (nSPS) is 24.8. The van der Waals surface area contributed by atoms with Crippen LogP contribution in [0.2, 0.25) is 0 Å². The van der Waals surface area contributed by atoms with Gasteiger partial charge in [-0.15, -0.1) is 0 Å². The maximum Gasteiger partial charge on any atom is 0.293 e. The van der Waals surface area contributed by atoms with Crippen LogP contribution in [0.4, 0.5) is 11.4 Å². The predicted octanol–water partition coefficient (Wildman–Crippen LogP) is 1.66. The average molecular weight is 293 g/mol. The first kappa shape index (κ1) is 15.2. The number of nitrogens with zero attached hydrogens (tertiary/aromatic N) is 1. The molecule has 0 aliphatic heterocycles. The minimum absolute atomic E-state index is 0.0256. The minimum atomic E-state index is -0.703. The van der Waals surface area contributed by atoms with Gasteiger partial charge in [-0.1, -0.05) is 13.3 Å². The van der Waals surface area contributed by atoms with Gasteiger partial charge in [0.15, 0.2) is 0 Å². The van der Waals surface area contributed by atoms with Crippen molar-refractivity contribution in [2.45, 2.75) is 32.2 Å². The number of anilines is 1. The van der Waals surface area contributed by atoms with Gasteiger partial charge in [0.1, 0.15) is 5.69 Å². The molecule has 0 bridgehead atoms. The van der Waals surface area contributed by atoms with Gasteiger partial charge in [0, 0.05) is 23.1 Å². The highest BCUT2D eigenvalue weighted by Crippen LogP contribution is 2.40. The van der Waals surface area contributed by atoms with E-state index in [2.05, 4.69) is 5.32 Å². The molecule has 2 atom stereocenters. The van der Waals surface area contributed by atoms with E-state index in [9.17, 15) is 20.0 Å². The molecule has 1 aliphatic rings. The summed E-state index contributed by atoms with van der Waals surface area (Å²) in [5.41, 5.74) is 5.11. The Kier molecular flexibility index (Phi) is 4.13. The van der Waals surface area contributed by atoms with Gasteiger partial charge in [-0.05, 0) is 25.0 Å². The predicted molar refractivity (Wildman–Crippen MR) is 78.1 cm³/mol. The van der Waals surface area contributed by atoms with Gasteiger partial charge in [-0.25, -0.2) is 0 Å². The van der Waals surface area contributed by atoms with E-state index in [1.54, 1.807) is 0 Å². The molecule has 2 unspecified atom stereocenters. The summed E-state index contributed by atoms with van der Waals surface area (Å²) in [5, 5.41) is 23.8. The first-order valence-corrected chi connectivity index (χ1v) is 6.83. The number of nitrogens with one attached hydrogen (secondary N) is 1. The fourth-order valence-corrected chi connectivity index (χ4v) is 2.81. The summed E-state index contributed by atoms with van der Waals surface area (Å²) in [6, 6.07) is 4.09. The fraction of sp³-hybridized carbons (Fsp3) is 0.500. The molecule has 1 aromatic carbocycles. The summed E-state index contributed by atoms with van der Waals surface area (Å²) in [7, 11) is 0. The molecule has 4 N–H and O–H groups in total. The van der Waals surface area contributed by atoms with Gasteiger partial charge in [0.2, 0.25) is 5.91 Å². The molecule has 2 rings (SSSR count). The summed E-state index contributed by atoms with van der Waals surface area (Å²) < 4.78 is 0. The number of amides is 1. The van der Waals surface area contributed by atoms with Crippen LogP contribution in [0.5, 0.6) is 0 Å². The number of primary amides is 1. The maximum absolute atomic E-state index is 11.2. The molecule has 0 saturated heterocycles. The van der Waals surface area contributed by atoms with Crippen LogP contribution in [0.1, 0.15) is 36.5 Å². The molecular formula is C14H19N3O4. The van der Waals surface area contributed by atoms with Gasteiger partial charge in [-0.2, -0.15) is 0 Å². The third kappa shape index (κ3) is 2.97. The van der Waals surface area contributed by atoms with Crippen molar-refractivity contribution >= 4 is 17.3 Å². The van der Waals surface area contributed by atoms with Crippen LogP contribution in [0, 0.1) is 15.5 Å². The highest BCUT2D eigenvalue weighted by Gasteiger charge is 2.39. The number of rotatable bonds is 5. The summed E-state index contributed by atoms with van der Waals surface area (Å²) >= 11 is 0. The highest BCUT2D eigenvalue weighted by atomic mass is 16.6. The SMILES string of the molecule is CC1(CO)CCCC1Nc1ccc(C(N)=O)cc1[N+](=O)[O-]. The van der Waals surface area contributed by atoms with Crippen LogP contribution < -0.4 is 11.1 Å². The Labute approximate surface area is 122 Å². The Morgan fingerprint density at radius 2 is 2.33 bits per heavy atom. The molecule has 1 saturated carbocycles. The number of benzene rings is 1. The third-order valence-electron chi connectivity index (χ3n) is 4.25. The van der Waals surface area contributed by atoms with Crippen LogP contribution in [-0.2, 0) is 0 Å². The second kappa shape index (κ2) is 5.69. The lowest BCUT2D eigenvalue weighted by Crippen LogP contribution is -2.36. The summed E-state index contributed by atoms with van der Waals surface area (Å²) in [6.07, 6.45) is 2.67. The third-order valence-corrected chi connectivity index (χ3v) is 4.25. The fourth-order valence-electron chi connectivity index (χ4n) is 2.81. The largest absolute Gasteiger partial charge is 0.396 e. The van der Waals surface area contributed by atoms with E-state index < -0.39 is 10.8 Å². The summed E-state index contributed by atoms with van der Waals surface area (Å²) in [5.74, 6) is -0.703. The second-order valence-corrected chi connectivity index (χ2v) is 5.75. The Morgan fingerprint density at radius 3 is 2.90 bits per heavy atom. The Bertz CT molecular complexity index is 575. The smallest absolute Gasteiger partial charge is 0.293 e. The molecule has 0 radical (unpaired) electrons. The van der Waals surface area contributed by atoms with Crippen molar-refractivity contribution in [1.82, 2.24) is 0 Å². The number of hydrogen-bond donors (Lipinski definition) is 3. The Hall–Kier alpha value is -2.15. The van der Waals surface area contributed by atoms with Gasteiger partial charge in [0.25, 0.3) is 5.69 Å². The number of aliphatic hydroxyl groups is 1. The molecule has 0 spiro atoms. The number of nitro benzene ring substituents is 1. The monoisotopic (exact) mass is 293 g/mol. The first-order valence-electron chi connectivity index (χ1n) is 6.83. The van der Waals surface area contributed by atoms with Crippen molar-refractivity contribution in [2.24, 2.45) is 11.1 Å². The summed E-state index contributed by atoms with van der Waals surface area (Å²) in [6.45, 7) is 1.99. The van der Waals surface area contributed by atoms with Crippen LogP contribution >= 0.6 is 0 Å². The molecule has 1 fully saturated rings. The molecule has 1 amide bonds. The first-order chi connectivity index (χ1) is 9.87. The zero-order chi connectivity index (χ0) is 15.6. The van der Waals surface area contributed by atoms with E-state index in [1.807, 2.05) is 6.92 Å². The van der Waals surface area contributed by atoms with Crippen LogP contribution in [-0.4, -0.2) is 28.6 Å². The Balaban J connectivity index is 2.31. The van der Waals surface area contributed by atoms with Gasteiger partial charge in [0.05, 0.1) is 11.5 Å². The van der Waals surface area contributed by atoms with E-state index in [4.69, 9.17) is 5.73 Å². The van der Waals surface area contributed by atoms with Crippen molar-refractivity contribution in [1.29, 1.82) is 0 Å². The lowest BCUT2D eigenvalue weighted by Gasteiger charge is -2.30. The van der Waals surface area contributed by atoms with E-state index in [0.717, 1.165) is 19.3 Å². The quantitative estimate of drug-likeness (QED) is 0.563. The van der Waals surface area contributed by atoms with Gasteiger partial charge < -0.3 is 16.2 Å². The molecule has 7 nitrogen and oxygen atoms in total. The number of carbonyl (C=O) groups is 1. The number of nitro groups is 1. The van der Waals surface area contributed by atoms with Gasteiger partial charge in [-0.3, -0.25) is 14.9 Å². The molecule has 1 aromatic rings. The molecule has 0 aromatic heterocycles. The molecule has 0 heterocycles.